The first-order valence-corrected chi connectivity index (χ1v) is 6.56. The van der Waals surface area contributed by atoms with Crippen molar-refractivity contribution in [2.45, 2.75) is 32.8 Å². The molecule has 2 N–H and O–H groups in total. The summed E-state index contributed by atoms with van der Waals surface area (Å²) in [6.45, 7) is 4.33. The van der Waals surface area contributed by atoms with E-state index >= 15 is 0 Å². The third kappa shape index (κ3) is 5.60. The van der Waals surface area contributed by atoms with Crippen LogP contribution in [0.5, 0.6) is 0 Å². The number of amides is 1. The van der Waals surface area contributed by atoms with Crippen molar-refractivity contribution in [1.82, 2.24) is 10.3 Å². The van der Waals surface area contributed by atoms with E-state index in [1.54, 1.807) is 17.4 Å². The number of nitrogens with one attached hydrogen (secondary N) is 1. The van der Waals surface area contributed by atoms with Crippen LogP contribution in [-0.4, -0.2) is 28.6 Å². The molecule has 5 heteroatoms. The summed E-state index contributed by atoms with van der Waals surface area (Å²) < 4.78 is 0. The lowest BCUT2D eigenvalue weighted by Crippen LogP contribution is -2.25. The molecule has 0 bridgehead atoms. The van der Waals surface area contributed by atoms with Gasteiger partial charge in [-0.2, -0.15) is 0 Å². The second kappa shape index (κ2) is 7.19. The number of carbonyl (C=O) groups is 1. The van der Waals surface area contributed by atoms with Crippen LogP contribution in [-0.2, 0) is 4.79 Å². The minimum absolute atomic E-state index is 0.154. The van der Waals surface area contributed by atoms with Crippen LogP contribution in [0.25, 0.3) is 6.08 Å². The lowest BCUT2D eigenvalue weighted by molar-refractivity contribution is -0.116. The molecule has 0 radical (unpaired) electrons. The fraction of sp³-hybridized carbons (Fsp3) is 0.500. The molecular weight excluding hydrogens is 236 g/mol. The third-order valence-electron chi connectivity index (χ3n) is 2.29. The summed E-state index contributed by atoms with van der Waals surface area (Å²) in [5.41, 5.74) is 0.802. The fourth-order valence-electron chi connectivity index (χ4n) is 1.24. The predicted octanol–water partition coefficient (Wildman–Crippen LogP) is 1.74. The van der Waals surface area contributed by atoms with Crippen LogP contribution in [0.4, 0.5) is 0 Å². The Hall–Kier alpha value is -1.20. The second-order valence-corrected chi connectivity index (χ2v) is 4.83. The van der Waals surface area contributed by atoms with Crippen LogP contribution >= 0.6 is 11.3 Å². The lowest BCUT2D eigenvalue weighted by Gasteiger charge is -2.06. The summed E-state index contributed by atoms with van der Waals surface area (Å²) in [7, 11) is 0. The van der Waals surface area contributed by atoms with Gasteiger partial charge in [-0.05, 0) is 25.8 Å². The molecule has 17 heavy (non-hydrogen) atoms. The number of aryl methyl sites for hydroxylation is 1. The van der Waals surface area contributed by atoms with Gasteiger partial charge in [0.2, 0.25) is 5.91 Å². The molecule has 0 saturated heterocycles. The highest BCUT2D eigenvalue weighted by Crippen LogP contribution is 2.08. The molecule has 94 valence electrons. The van der Waals surface area contributed by atoms with E-state index in [9.17, 15) is 9.90 Å². The van der Waals surface area contributed by atoms with Gasteiger partial charge in [0.25, 0.3) is 0 Å². The molecule has 0 aliphatic carbocycles. The van der Waals surface area contributed by atoms with E-state index in [4.69, 9.17) is 0 Å². The zero-order valence-electron chi connectivity index (χ0n) is 10.1. The van der Waals surface area contributed by atoms with Crippen LogP contribution in [0.3, 0.4) is 0 Å². The van der Waals surface area contributed by atoms with Gasteiger partial charge >= 0.3 is 0 Å². The van der Waals surface area contributed by atoms with Crippen molar-refractivity contribution in [3.8, 4) is 0 Å². The second-order valence-electron chi connectivity index (χ2n) is 3.77. The molecule has 1 aromatic heterocycles. The molecule has 0 aliphatic rings. The summed E-state index contributed by atoms with van der Waals surface area (Å²) in [6, 6.07) is 0. The van der Waals surface area contributed by atoms with E-state index in [1.807, 2.05) is 19.2 Å². The van der Waals surface area contributed by atoms with E-state index in [0.717, 1.165) is 10.7 Å². The van der Waals surface area contributed by atoms with E-state index < -0.39 is 0 Å². The molecule has 1 atom stereocenters. The zero-order chi connectivity index (χ0) is 12.7. The fourth-order valence-corrected chi connectivity index (χ4v) is 1.82. The summed E-state index contributed by atoms with van der Waals surface area (Å²) >= 11 is 1.55. The molecular formula is C12H18N2O2S. The van der Waals surface area contributed by atoms with Crippen LogP contribution in [0.2, 0.25) is 0 Å². The molecule has 0 saturated carbocycles. The number of hydrogen-bond donors (Lipinski definition) is 2. The number of nitrogens with zero attached hydrogens (tertiary/aromatic N) is 1. The summed E-state index contributed by atoms with van der Waals surface area (Å²) in [4.78, 5) is 15.6. The van der Waals surface area contributed by atoms with E-state index in [2.05, 4.69) is 10.3 Å². The van der Waals surface area contributed by atoms with Crippen molar-refractivity contribution in [3.63, 3.8) is 0 Å². The van der Waals surface area contributed by atoms with Gasteiger partial charge < -0.3 is 10.4 Å². The molecule has 0 spiro atoms. The van der Waals surface area contributed by atoms with Gasteiger partial charge in [-0.25, -0.2) is 4.98 Å². The highest BCUT2D eigenvalue weighted by atomic mass is 32.1. The topological polar surface area (TPSA) is 62.2 Å². The van der Waals surface area contributed by atoms with Gasteiger partial charge in [0.15, 0.2) is 0 Å². The Morgan fingerprint density at radius 1 is 1.71 bits per heavy atom. The number of rotatable bonds is 6. The molecule has 0 aromatic carbocycles. The largest absolute Gasteiger partial charge is 0.393 e. The van der Waals surface area contributed by atoms with Gasteiger partial charge in [-0.3, -0.25) is 4.79 Å². The Morgan fingerprint density at radius 3 is 3.06 bits per heavy atom. The van der Waals surface area contributed by atoms with Crippen LogP contribution < -0.4 is 5.32 Å². The van der Waals surface area contributed by atoms with Crippen molar-refractivity contribution in [1.29, 1.82) is 0 Å². The number of hydrogen-bond acceptors (Lipinski definition) is 4. The molecule has 4 nitrogen and oxygen atoms in total. The first-order valence-electron chi connectivity index (χ1n) is 5.68. The average Bonchev–Trinajstić information content (AvgIpc) is 2.72. The quantitative estimate of drug-likeness (QED) is 0.760. The molecule has 1 aromatic rings. The predicted molar refractivity (Wildman–Crippen MR) is 69.8 cm³/mol. The molecule has 0 fully saturated rings. The summed E-state index contributed by atoms with van der Waals surface area (Å²) in [5.74, 6) is -0.154. The maximum atomic E-state index is 11.4. The summed E-state index contributed by atoms with van der Waals surface area (Å²) in [6.07, 6.45) is 4.12. The van der Waals surface area contributed by atoms with Crippen LogP contribution in [0.15, 0.2) is 11.5 Å². The summed E-state index contributed by atoms with van der Waals surface area (Å²) in [5, 5.41) is 14.9. The Bertz CT molecular complexity index is 388. The lowest BCUT2D eigenvalue weighted by atomic mass is 10.2. The first-order chi connectivity index (χ1) is 8.11. The molecule has 1 unspecified atom stereocenters. The monoisotopic (exact) mass is 254 g/mol. The maximum absolute atomic E-state index is 11.4. The highest BCUT2D eigenvalue weighted by molar-refractivity contribution is 7.09. The number of thiazole rings is 1. The van der Waals surface area contributed by atoms with E-state index in [0.29, 0.717) is 19.4 Å². The highest BCUT2D eigenvalue weighted by Gasteiger charge is 2.01. The van der Waals surface area contributed by atoms with Crippen molar-refractivity contribution in [3.05, 3.63) is 22.2 Å². The smallest absolute Gasteiger partial charge is 0.244 e. The van der Waals surface area contributed by atoms with Gasteiger partial charge in [-0.15, -0.1) is 11.3 Å². The van der Waals surface area contributed by atoms with E-state index in [-0.39, 0.29) is 12.0 Å². The average molecular weight is 254 g/mol. The van der Waals surface area contributed by atoms with Crippen molar-refractivity contribution >= 4 is 23.3 Å². The Labute approximate surface area is 105 Å². The molecule has 1 heterocycles. The van der Waals surface area contributed by atoms with Crippen molar-refractivity contribution in [2.24, 2.45) is 0 Å². The number of aliphatic hydroxyl groups is 1. The normalized spacial score (nSPS) is 12.9. The van der Waals surface area contributed by atoms with Gasteiger partial charge in [-0.1, -0.05) is 6.92 Å². The van der Waals surface area contributed by atoms with Crippen LogP contribution in [0, 0.1) is 6.92 Å². The zero-order valence-corrected chi connectivity index (χ0v) is 11.0. The van der Waals surface area contributed by atoms with E-state index in [1.165, 1.54) is 6.08 Å². The Kier molecular flexibility index (Phi) is 5.86. The number of aromatic nitrogens is 1. The van der Waals surface area contributed by atoms with Crippen LogP contribution in [0.1, 0.15) is 30.5 Å². The SMILES string of the molecule is CCC(O)CCNC(=O)/C=C/c1csc(C)n1. The molecule has 1 rings (SSSR count). The minimum Gasteiger partial charge on any atom is -0.393 e. The van der Waals surface area contributed by atoms with Gasteiger partial charge in [0.1, 0.15) is 0 Å². The molecule has 0 aliphatic heterocycles. The Morgan fingerprint density at radius 2 is 2.47 bits per heavy atom. The Balaban J connectivity index is 2.27. The van der Waals surface area contributed by atoms with Gasteiger partial charge in [0, 0.05) is 18.0 Å². The van der Waals surface area contributed by atoms with Crippen molar-refractivity contribution in [2.75, 3.05) is 6.54 Å². The third-order valence-corrected chi connectivity index (χ3v) is 3.08. The molecule has 1 amide bonds. The standard InChI is InChI=1S/C12H18N2O2S/c1-3-11(15)6-7-13-12(16)5-4-10-8-17-9(2)14-10/h4-5,8,11,15H,3,6-7H2,1-2H3,(H,13,16)/b5-4+. The first kappa shape index (κ1) is 13.9. The van der Waals surface area contributed by atoms with Crippen molar-refractivity contribution < 1.29 is 9.90 Å². The number of aliphatic hydroxyl groups excluding tert-OH is 1. The number of carbonyl (C=O) groups excluding carboxylic acids is 1. The maximum Gasteiger partial charge on any atom is 0.244 e. The van der Waals surface area contributed by atoms with Gasteiger partial charge in [0.05, 0.1) is 16.8 Å². The minimum atomic E-state index is -0.333.